The number of rotatable bonds is 4. The van der Waals surface area contributed by atoms with Gasteiger partial charge in [-0.25, -0.2) is 9.97 Å². The van der Waals surface area contributed by atoms with Crippen LogP contribution in [0.5, 0.6) is 5.75 Å². The number of halogens is 1. The molecule has 4 nitrogen and oxygen atoms in total. The Morgan fingerprint density at radius 3 is 2.83 bits per heavy atom. The van der Waals surface area contributed by atoms with Crippen LogP contribution in [0.1, 0.15) is 5.82 Å². The Kier molecular flexibility index (Phi) is 4.12. The highest BCUT2D eigenvalue weighted by molar-refractivity contribution is 6.33. The number of hydrogen-bond donors (Lipinski definition) is 1. The van der Waals surface area contributed by atoms with E-state index in [1.54, 1.807) is 19.4 Å². The van der Waals surface area contributed by atoms with Gasteiger partial charge in [-0.05, 0) is 30.8 Å². The van der Waals surface area contributed by atoms with Crippen LogP contribution in [-0.2, 0) is 6.42 Å². The number of hydrogen-bond acceptors (Lipinski definition) is 4. The highest BCUT2D eigenvalue weighted by Crippen LogP contribution is 2.29. The summed E-state index contributed by atoms with van der Waals surface area (Å²) < 4.78 is 5.11. The summed E-state index contributed by atoms with van der Waals surface area (Å²) in [4.78, 5) is 8.59. The summed E-state index contributed by atoms with van der Waals surface area (Å²) in [6, 6.07) is 7.33. The van der Waals surface area contributed by atoms with E-state index in [-0.39, 0.29) is 0 Å². The molecule has 0 radical (unpaired) electrons. The first-order chi connectivity index (χ1) is 8.74. The van der Waals surface area contributed by atoms with Crippen molar-refractivity contribution in [1.29, 1.82) is 0 Å². The average molecular weight is 264 g/mol. The molecule has 0 aliphatic carbocycles. The van der Waals surface area contributed by atoms with Crippen LogP contribution in [-0.4, -0.2) is 23.6 Å². The van der Waals surface area contributed by atoms with E-state index < -0.39 is 0 Å². The lowest BCUT2D eigenvalue weighted by Crippen LogP contribution is -2.06. The first kappa shape index (κ1) is 12.8. The zero-order chi connectivity index (χ0) is 13.0. The zero-order valence-corrected chi connectivity index (χ0v) is 10.8. The molecule has 5 heteroatoms. The average Bonchev–Trinajstić information content (AvgIpc) is 2.39. The quantitative estimate of drug-likeness (QED) is 0.920. The van der Waals surface area contributed by atoms with Crippen molar-refractivity contribution in [3.05, 3.63) is 41.3 Å². The van der Waals surface area contributed by atoms with Gasteiger partial charge in [0.1, 0.15) is 11.6 Å². The maximum absolute atomic E-state index is 6.21. The summed E-state index contributed by atoms with van der Waals surface area (Å²) in [6.45, 7) is 0.528. The van der Waals surface area contributed by atoms with Gasteiger partial charge in [-0.15, -0.1) is 0 Å². The number of nitrogens with two attached hydrogens (primary N) is 1. The topological polar surface area (TPSA) is 61.0 Å². The molecule has 2 N–H and O–H groups in total. The summed E-state index contributed by atoms with van der Waals surface area (Å²) in [5.41, 5.74) is 7.15. The van der Waals surface area contributed by atoms with Crippen LogP contribution < -0.4 is 10.5 Å². The summed E-state index contributed by atoms with van der Waals surface area (Å²) >= 11 is 6.21. The summed E-state index contributed by atoms with van der Waals surface area (Å²) in [7, 11) is 1.61. The predicted molar refractivity (Wildman–Crippen MR) is 71.8 cm³/mol. The maximum atomic E-state index is 6.21. The van der Waals surface area contributed by atoms with Gasteiger partial charge in [0.2, 0.25) is 0 Å². The van der Waals surface area contributed by atoms with Crippen LogP contribution in [0.3, 0.4) is 0 Å². The number of nitrogens with zero attached hydrogens (tertiary/aromatic N) is 2. The third kappa shape index (κ3) is 2.78. The second-order valence-electron chi connectivity index (χ2n) is 3.74. The molecule has 94 valence electrons. The number of benzene rings is 1. The predicted octanol–water partition coefficient (Wildman–Crippen LogP) is 2.31. The van der Waals surface area contributed by atoms with E-state index in [4.69, 9.17) is 22.1 Å². The second-order valence-corrected chi connectivity index (χ2v) is 4.15. The molecule has 0 aliphatic rings. The fraction of sp³-hybridized carbons (Fsp3) is 0.231. The van der Waals surface area contributed by atoms with Crippen molar-refractivity contribution in [1.82, 2.24) is 9.97 Å². The monoisotopic (exact) mass is 263 g/mol. The molecule has 2 aromatic rings. The molecule has 0 unspecified atom stereocenters. The lowest BCUT2D eigenvalue weighted by atomic mass is 10.1. The largest absolute Gasteiger partial charge is 0.497 e. The SMILES string of the molecule is COc1ccc(-c2ccnc(CCN)n2)c(Cl)c1. The Hall–Kier alpha value is -1.65. The second kappa shape index (κ2) is 5.80. The van der Waals surface area contributed by atoms with Crippen LogP contribution in [0.15, 0.2) is 30.5 Å². The van der Waals surface area contributed by atoms with Gasteiger partial charge in [0, 0.05) is 18.2 Å². The van der Waals surface area contributed by atoms with Crippen LogP contribution in [0.25, 0.3) is 11.3 Å². The minimum atomic E-state index is 0.528. The maximum Gasteiger partial charge on any atom is 0.130 e. The molecule has 18 heavy (non-hydrogen) atoms. The lowest BCUT2D eigenvalue weighted by molar-refractivity contribution is 0.415. The van der Waals surface area contributed by atoms with Crippen molar-refractivity contribution >= 4 is 11.6 Å². The van der Waals surface area contributed by atoms with E-state index in [9.17, 15) is 0 Å². The van der Waals surface area contributed by atoms with Gasteiger partial charge in [-0.1, -0.05) is 11.6 Å². The Balaban J connectivity index is 2.38. The normalized spacial score (nSPS) is 10.4. The lowest BCUT2D eigenvalue weighted by Gasteiger charge is -2.07. The highest BCUT2D eigenvalue weighted by Gasteiger charge is 2.07. The molecule has 0 saturated carbocycles. The van der Waals surface area contributed by atoms with E-state index >= 15 is 0 Å². The van der Waals surface area contributed by atoms with Crippen LogP contribution in [0.4, 0.5) is 0 Å². The van der Waals surface area contributed by atoms with Gasteiger partial charge in [-0.3, -0.25) is 0 Å². The summed E-state index contributed by atoms with van der Waals surface area (Å²) in [6.07, 6.45) is 2.37. The van der Waals surface area contributed by atoms with Gasteiger partial charge in [0.05, 0.1) is 17.8 Å². The van der Waals surface area contributed by atoms with E-state index in [0.29, 0.717) is 18.0 Å². The van der Waals surface area contributed by atoms with E-state index in [1.165, 1.54) is 0 Å². The Morgan fingerprint density at radius 1 is 1.33 bits per heavy atom. The smallest absolute Gasteiger partial charge is 0.130 e. The molecule has 0 saturated heterocycles. The molecule has 0 fully saturated rings. The number of aromatic nitrogens is 2. The molecule has 1 heterocycles. The molecule has 0 aliphatic heterocycles. The Morgan fingerprint density at radius 2 is 2.17 bits per heavy atom. The first-order valence-corrected chi connectivity index (χ1v) is 5.98. The van der Waals surface area contributed by atoms with E-state index in [2.05, 4.69) is 9.97 Å². The minimum Gasteiger partial charge on any atom is -0.497 e. The number of ether oxygens (including phenoxy) is 1. The fourth-order valence-electron chi connectivity index (χ4n) is 1.63. The van der Waals surface area contributed by atoms with Gasteiger partial charge < -0.3 is 10.5 Å². The van der Waals surface area contributed by atoms with Crippen LogP contribution in [0, 0.1) is 0 Å². The van der Waals surface area contributed by atoms with Gasteiger partial charge in [0.15, 0.2) is 0 Å². The van der Waals surface area contributed by atoms with E-state index in [1.807, 2.05) is 18.2 Å². The molecule has 0 spiro atoms. The third-order valence-corrected chi connectivity index (χ3v) is 2.84. The molecule has 1 aromatic heterocycles. The fourth-order valence-corrected chi connectivity index (χ4v) is 1.90. The molecule has 0 atom stereocenters. The molecule has 0 amide bonds. The molecular weight excluding hydrogens is 250 g/mol. The Bertz CT molecular complexity index is 546. The van der Waals surface area contributed by atoms with Crippen molar-refractivity contribution in [2.24, 2.45) is 5.73 Å². The van der Waals surface area contributed by atoms with Crippen LogP contribution in [0.2, 0.25) is 5.02 Å². The summed E-state index contributed by atoms with van der Waals surface area (Å²) in [5.74, 6) is 1.45. The van der Waals surface area contributed by atoms with Crippen LogP contribution >= 0.6 is 11.6 Å². The summed E-state index contributed by atoms with van der Waals surface area (Å²) in [5, 5.41) is 0.603. The molecule has 0 bridgehead atoms. The van der Waals surface area contributed by atoms with Crippen molar-refractivity contribution in [3.8, 4) is 17.0 Å². The first-order valence-electron chi connectivity index (χ1n) is 5.60. The van der Waals surface area contributed by atoms with Crippen molar-refractivity contribution in [2.45, 2.75) is 6.42 Å². The van der Waals surface area contributed by atoms with Crippen molar-refractivity contribution in [3.63, 3.8) is 0 Å². The van der Waals surface area contributed by atoms with Crippen molar-refractivity contribution < 1.29 is 4.74 Å². The molecule has 1 aromatic carbocycles. The van der Waals surface area contributed by atoms with Gasteiger partial charge >= 0.3 is 0 Å². The van der Waals surface area contributed by atoms with E-state index in [0.717, 1.165) is 22.8 Å². The standard InChI is InChI=1S/C13H14ClN3O/c1-18-9-2-3-10(11(14)8-9)12-5-7-16-13(17-12)4-6-15/h2-3,5,7-8H,4,6,15H2,1H3. The number of methoxy groups -OCH3 is 1. The third-order valence-electron chi connectivity index (χ3n) is 2.53. The minimum absolute atomic E-state index is 0.528. The zero-order valence-electron chi connectivity index (χ0n) is 10.1. The molecular formula is C13H14ClN3O. The van der Waals surface area contributed by atoms with Gasteiger partial charge in [-0.2, -0.15) is 0 Å². The Labute approximate surface area is 111 Å². The van der Waals surface area contributed by atoms with Gasteiger partial charge in [0.25, 0.3) is 0 Å². The van der Waals surface area contributed by atoms with Crippen molar-refractivity contribution in [2.75, 3.05) is 13.7 Å². The highest BCUT2D eigenvalue weighted by atomic mass is 35.5. The molecule has 2 rings (SSSR count).